The zero-order chi connectivity index (χ0) is 12.3. The topological polar surface area (TPSA) is 30.7 Å². The van der Waals surface area contributed by atoms with Crippen LogP contribution in [0.5, 0.6) is 5.75 Å². The number of halogens is 4. The van der Waals surface area contributed by atoms with E-state index >= 15 is 0 Å². The Bertz CT molecular complexity index is 455. The van der Waals surface area contributed by atoms with Gasteiger partial charge in [-0.1, -0.05) is 4.85 Å². The van der Waals surface area contributed by atoms with Gasteiger partial charge >= 0.3 is 12.5 Å². The lowest BCUT2D eigenvalue weighted by Crippen LogP contribution is -2.14. The van der Waals surface area contributed by atoms with E-state index in [1.165, 1.54) is 0 Å². The molecule has 0 radical (unpaired) electrons. The van der Waals surface area contributed by atoms with Crippen LogP contribution in [0.1, 0.15) is 0 Å². The highest BCUT2D eigenvalue weighted by Gasteiger charge is 2.24. The molecule has 7 heteroatoms. The fourth-order valence-corrected chi connectivity index (χ4v) is 0.862. The molecule has 16 heavy (non-hydrogen) atoms. The third-order valence-electron chi connectivity index (χ3n) is 1.51. The minimum Gasteiger partial charge on any atom is -0.414 e. The van der Waals surface area contributed by atoms with Crippen LogP contribution in [0.4, 0.5) is 17.6 Å². The lowest BCUT2D eigenvalue weighted by molar-refractivity contribution is -0.132. The monoisotopic (exact) mass is 234 g/mol. The number of benzene rings is 1. The van der Waals surface area contributed by atoms with E-state index < -0.39 is 41.5 Å². The average molecular weight is 234 g/mol. The number of nitrogens with zero attached hydrogens (tertiary/aromatic N) is 1. The molecule has 0 aliphatic heterocycles. The van der Waals surface area contributed by atoms with Gasteiger partial charge in [0.25, 0.3) is 6.57 Å². The SMILES string of the molecule is C#[N+]CC(=O)Oc1c(F)c(F)cc(F)c1F. The third kappa shape index (κ3) is 2.28. The van der Waals surface area contributed by atoms with Crippen LogP contribution in [-0.2, 0) is 4.79 Å². The van der Waals surface area contributed by atoms with Crippen LogP contribution in [-0.4, -0.2) is 12.5 Å². The quantitative estimate of drug-likeness (QED) is 0.339. The largest absolute Gasteiger partial charge is 0.414 e. The first kappa shape index (κ1) is 12.0. The Balaban J connectivity index is 3.13. The van der Waals surface area contributed by atoms with Crippen molar-refractivity contribution in [2.45, 2.75) is 0 Å². The van der Waals surface area contributed by atoms with Crippen LogP contribution in [0.25, 0.3) is 4.85 Å². The summed E-state index contributed by atoms with van der Waals surface area (Å²) in [4.78, 5) is 13.6. The standard InChI is InChI=1S/C9H4F4NO2/c1-14-3-6(15)16-9-7(12)4(10)2-5(11)8(9)13/h1-2H,3H2/q+1. The molecule has 0 heterocycles. The molecule has 0 spiro atoms. The number of hydrogen-bond acceptors (Lipinski definition) is 2. The molecule has 0 unspecified atom stereocenters. The summed E-state index contributed by atoms with van der Waals surface area (Å²) in [5, 5.41) is 0. The molecule has 0 amide bonds. The molecule has 84 valence electrons. The average Bonchev–Trinajstić information content (AvgIpc) is 2.22. The van der Waals surface area contributed by atoms with Gasteiger partial charge in [0.2, 0.25) is 17.4 Å². The highest BCUT2D eigenvalue weighted by atomic mass is 19.2. The van der Waals surface area contributed by atoms with Crippen LogP contribution in [0.15, 0.2) is 6.07 Å². The molecule has 0 aliphatic carbocycles. The van der Waals surface area contributed by atoms with Crippen molar-refractivity contribution in [2.24, 2.45) is 0 Å². The Labute approximate surface area is 87.1 Å². The van der Waals surface area contributed by atoms with E-state index in [1.807, 2.05) is 0 Å². The predicted molar refractivity (Wildman–Crippen MR) is 45.1 cm³/mol. The van der Waals surface area contributed by atoms with Gasteiger partial charge < -0.3 is 4.74 Å². The Hall–Kier alpha value is -2.10. The molecule has 0 atom stereocenters. The first-order chi connectivity index (χ1) is 7.47. The molecule has 0 aromatic heterocycles. The van der Waals surface area contributed by atoms with E-state index in [2.05, 4.69) is 16.2 Å². The minimum atomic E-state index is -1.80. The van der Waals surface area contributed by atoms with Crippen LogP contribution >= 0.6 is 0 Å². The van der Waals surface area contributed by atoms with Crippen LogP contribution in [0.3, 0.4) is 0 Å². The van der Waals surface area contributed by atoms with E-state index in [9.17, 15) is 22.4 Å². The molecular weight excluding hydrogens is 230 g/mol. The van der Waals surface area contributed by atoms with Gasteiger partial charge in [-0.2, -0.15) is 8.78 Å². The molecule has 1 aromatic rings. The van der Waals surface area contributed by atoms with Crippen molar-refractivity contribution in [2.75, 3.05) is 6.54 Å². The molecular formula is C9H4F4NO2+. The fourth-order valence-electron chi connectivity index (χ4n) is 0.862. The van der Waals surface area contributed by atoms with Gasteiger partial charge in [0, 0.05) is 6.07 Å². The second-order valence-electron chi connectivity index (χ2n) is 2.61. The Morgan fingerprint density at radius 2 is 1.75 bits per heavy atom. The van der Waals surface area contributed by atoms with E-state index in [0.29, 0.717) is 0 Å². The van der Waals surface area contributed by atoms with Crippen molar-refractivity contribution >= 4 is 5.97 Å². The summed E-state index contributed by atoms with van der Waals surface area (Å²) in [6, 6.07) is -0.00465. The van der Waals surface area contributed by atoms with Gasteiger partial charge in [-0.25, -0.2) is 13.6 Å². The molecule has 0 fully saturated rings. The summed E-state index contributed by atoms with van der Waals surface area (Å²) in [5.41, 5.74) is 0. The third-order valence-corrected chi connectivity index (χ3v) is 1.51. The molecule has 1 aromatic carbocycles. The van der Waals surface area contributed by atoms with Gasteiger partial charge in [-0.3, -0.25) is 0 Å². The van der Waals surface area contributed by atoms with Gasteiger partial charge in [0.05, 0.1) is 0 Å². The van der Waals surface area contributed by atoms with Crippen molar-refractivity contribution in [3.8, 4) is 12.3 Å². The summed E-state index contributed by atoms with van der Waals surface area (Å²) in [5.74, 6) is -9.65. The van der Waals surface area contributed by atoms with Crippen LogP contribution < -0.4 is 4.74 Å². The van der Waals surface area contributed by atoms with Crippen molar-refractivity contribution < 1.29 is 27.1 Å². The van der Waals surface area contributed by atoms with E-state index in [-0.39, 0.29) is 6.07 Å². The van der Waals surface area contributed by atoms with Gasteiger partial charge in [0.1, 0.15) is 0 Å². The van der Waals surface area contributed by atoms with Crippen molar-refractivity contribution in [3.05, 3.63) is 34.2 Å². The number of esters is 1. The summed E-state index contributed by atoms with van der Waals surface area (Å²) in [6.45, 7) is 3.91. The molecule has 0 bridgehead atoms. The van der Waals surface area contributed by atoms with E-state index in [0.717, 1.165) is 0 Å². The second-order valence-corrected chi connectivity index (χ2v) is 2.61. The first-order valence-corrected chi connectivity index (χ1v) is 3.87. The van der Waals surface area contributed by atoms with E-state index in [4.69, 9.17) is 0 Å². The van der Waals surface area contributed by atoms with Gasteiger partial charge in [0.15, 0.2) is 11.6 Å². The number of hydrogen-bond donors (Lipinski definition) is 0. The van der Waals surface area contributed by atoms with Crippen molar-refractivity contribution in [3.63, 3.8) is 0 Å². The predicted octanol–water partition coefficient (Wildman–Crippen LogP) is 2.11. The number of rotatable bonds is 2. The second kappa shape index (κ2) is 4.61. The molecule has 0 saturated carbocycles. The minimum absolute atomic E-state index is 0.00465. The lowest BCUT2D eigenvalue weighted by atomic mass is 10.3. The summed E-state index contributed by atoms with van der Waals surface area (Å²) < 4.78 is 55.2. The zero-order valence-electron chi connectivity index (χ0n) is 7.64. The maximum Gasteiger partial charge on any atom is 0.397 e. The fraction of sp³-hybridized carbons (Fsp3) is 0.111. The summed E-state index contributed by atoms with van der Waals surface area (Å²) in [6.07, 6.45) is 0. The number of carbonyl (C=O) groups is 1. The van der Waals surface area contributed by atoms with Gasteiger partial charge in [-0.15, -0.1) is 0 Å². The highest BCUT2D eigenvalue weighted by Crippen LogP contribution is 2.26. The Kier molecular flexibility index (Phi) is 3.45. The molecule has 0 N–H and O–H groups in total. The molecule has 3 nitrogen and oxygen atoms in total. The molecule has 1 rings (SSSR count). The highest BCUT2D eigenvalue weighted by molar-refractivity contribution is 5.76. The summed E-state index contributed by atoms with van der Waals surface area (Å²) in [7, 11) is 0. The van der Waals surface area contributed by atoms with Crippen molar-refractivity contribution in [1.29, 1.82) is 0 Å². The number of ether oxygens (including phenoxy) is 1. The van der Waals surface area contributed by atoms with Crippen LogP contribution in [0.2, 0.25) is 0 Å². The number of carbonyl (C=O) groups excluding carboxylic acids is 1. The molecule has 0 saturated heterocycles. The normalized spacial score (nSPS) is 9.69. The zero-order valence-corrected chi connectivity index (χ0v) is 7.64. The Morgan fingerprint density at radius 1 is 1.25 bits per heavy atom. The maximum absolute atomic E-state index is 12.9. The van der Waals surface area contributed by atoms with Crippen LogP contribution in [0, 0.1) is 29.8 Å². The molecule has 0 aliphatic rings. The lowest BCUT2D eigenvalue weighted by Gasteiger charge is -2.04. The van der Waals surface area contributed by atoms with E-state index in [1.54, 1.807) is 0 Å². The van der Waals surface area contributed by atoms with Crippen molar-refractivity contribution in [1.82, 2.24) is 0 Å². The van der Waals surface area contributed by atoms with Gasteiger partial charge in [-0.05, 0) is 0 Å². The first-order valence-electron chi connectivity index (χ1n) is 3.87. The Morgan fingerprint density at radius 3 is 2.19 bits per heavy atom. The smallest absolute Gasteiger partial charge is 0.397 e. The summed E-state index contributed by atoms with van der Waals surface area (Å²) >= 11 is 0. The maximum atomic E-state index is 12.9.